The van der Waals surface area contributed by atoms with Crippen LogP contribution in [0.4, 0.5) is 0 Å². The summed E-state index contributed by atoms with van der Waals surface area (Å²) in [6.45, 7) is 5.13. The zero-order valence-electron chi connectivity index (χ0n) is 7.40. The molecule has 66 valence electrons. The van der Waals surface area contributed by atoms with Gasteiger partial charge in [0.15, 0.2) is 0 Å². The Hall–Kier alpha value is -0.805. The molecular weight excluding hydrogens is 155 g/mol. The summed E-state index contributed by atoms with van der Waals surface area (Å²) in [4.78, 5) is 0. The second kappa shape index (κ2) is 4.28. The highest BCUT2D eigenvalue weighted by molar-refractivity contribution is 6.59. The van der Waals surface area contributed by atoms with Crippen molar-refractivity contribution in [3.05, 3.63) is 12.4 Å². The van der Waals surface area contributed by atoms with Crippen LogP contribution >= 0.6 is 0 Å². The van der Waals surface area contributed by atoms with Crippen LogP contribution in [0.15, 0.2) is 12.4 Å². The molecule has 0 aromatic carbocycles. The fourth-order valence-electron chi connectivity index (χ4n) is 0.934. The Balaban J connectivity index is 2.61. The smallest absolute Gasteiger partial charge is 0.423 e. The highest BCUT2D eigenvalue weighted by atomic mass is 16.5. The summed E-state index contributed by atoms with van der Waals surface area (Å²) in [5.41, 5.74) is 0.707. The maximum Gasteiger partial charge on any atom is 0.494 e. The van der Waals surface area contributed by atoms with Crippen LogP contribution in [0, 0.1) is 0 Å². The second-order valence-electron chi connectivity index (χ2n) is 2.44. The Morgan fingerprint density at radius 3 is 2.92 bits per heavy atom. The summed E-state index contributed by atoms with van der Waals surface area (Å²) < 4.78 is 6.74. The predicted molar refractivity (Wildman–Crippen MR) is 47.1 cm³/mol. The third-order valence-corrected chi connectivity index (χ3v) is 1.59. The minimum Gasteiger partial charge on any atom is -0.423 e. The van der Waals surface area contributed by atoms with E-state index in [2.05, 4.69) is 5.10 Å². The maximum absolute atomic E-state index is 9.35. The van der Waals surface area contributed by atoms with E-state index in [-0.39, 0.29) is 0 Å². The van der Waals surface area contributed by atoms with Gasteiger partial charge in [-0.05, 0) is 13.8 Å². The Kier molecular flexibility index (Phi) is 3.31. The van der Waals surface area contributed by atoms with Crippen molar-refractivity contribution in [2.75, 3.05) is 6.61 Å². The molecule has 0 spiro atoms. The van der Waals surface area contributed by atoms with E-state index in [0.717, 1.165) is 6.54 Å². The van der Waals surface area contributed by atoms with Gasteiger partial charge in [-0.2, -0.15) is 5.10 Å². The van der Waals surface area contributed by atoms with E-state index >= 15 is 0 Å². The van der Waals surface area contributed by atoms with E-state index in [9.17, 15) is 5.02 Å². The monoisotopic (exact) mass is 168 g/mol. The number of hydrogen-bond acceptors (Lipinski definition) is 3. The van der Waals surface area contributed by atoms with E-state index < -0.39 is 7.12 Å². The molecule has 0 atom stereocenters. The molecule has 4 nitrogen and oxygen atoms in total. The fraction of sp³-hybridized carbons (Fsp3) is 0.571. The highest BCUT2D eigenvalue weighted by Gasteiger charge is 2.16. The first-order valence-corrected chi connectivity index (χ1v) is 4.10. The van der Waals surface area contributed by atoms with Crippen molar-refractivity contribution in [3.63, 3.8) is 0 Å². The molecule has 0 amide bonds. The number of aryl methyl sites for hydroxylation is 1. The van der Waals surface area contributed by atoms with Crippen molar-refractivity contribution in [1.82, 2.24) is 9.78 Å². The summed E-state index contributed by atoms with van der Waals surface area (Å²) in [6, 6.07) is 0. The molecule has 1 aromatic rings. The van der Waals surface area contributed by atoms with Gasteiger partial charge in [-0.25, -0.2) is 0 Å². The zero-order chi connectivity index (χ0) is 8.97. The van der Waals surface area contributed by atoms with Crippen molar-refractivity contribution in [2.45, 2.75) is 20.4 Å². The summed E-state index contributed by atoms with van der Waals surface area (Å²) in [5.74, 6) is 0. The third-order valence-electron chi connectivity index (χ3n) is 1.59. The van der Waals surface area contributed by atoms with Gasteiger partial charge >= 0.3 is 7.12 Å². The van der Waals surface area contributed by atoms with Gasteiger partial charge in [0.25, 0.3) is 0 Å². The lowest BCUT2D eigenvalue weighted by molar-refractivity contribution is 0.287. The van der Waals surface area contributed by atoms with Gasteiger partial charge in [-0.3, -0.25) is 4.68 Å². The highest BCUT2D eigenvalue weighted by Crippen LogP contribution is 1.86. The Labute approximate surface area is 72.3 Å². The molecule has 5 heteroatoms. The molecule has 0 saturated carbocycles. The number of aromatic nitrogens is 2. The van der Waals surface area contributed by atoms with E-state index in [1.807, 2.05) is 13.8 Å². The fourth-order valence-corrected chi connectivity index (χ4v) is 0.934. The van der Waals surface area contributed by atoms with Crippen LogP contribution in [-0.2, 0) is 11.2 Å². The van der Waals surface area contributed by atoms with Crippen LogP contribution in [-0.4, -0.2) is 28.5 Å². The molecule has 1 N–H and O–H groups in total. The summed E-state index contributed by atoms with van der Waals surface area (Å²) in [5, 5.41) is 13.4. The molecule has 0 bridgehead atoms. The summed E-state index contributed by atoms with van der Waals surface area (Å²) >= 11 is 0. The Morgan fingerprint density at radius 2 is 2.42 bits per heavy atom. The average Bonchev–Trinajstić information content (AvgIpc) is 2.52. The standard InChI is InChI=1S/C7H13BN2O2/c1-3-10-6-7(5-9-10)8(11)12-4-2/h5-6,11H,3-4H2,1-2H3. The lowest BCUT2D eigenvalue weighted by Gasteiger charge is -2.01. The van der Waals surface area contributed by atoms with Crippen LogP contribution in [0.1, 0.15) is 13.8 Å². The average molecular weight is 168 g/mol. The van der Waals surface area contributed by atoms with Gasteiger partial charge in [0.2, 0.25) is 0 Å². The van der Waals surface area contributed by atoms with E-state index in [4.69, 9.17) is 4.65 Å². The second-order valence-corrected chi connectivity index (χ2v) is 2.44. The molecule has 0 aliphatic heterocycles. The lowest BCUT2D eigenvalue weighted by atomic mass is 9.82. The molecule has 0 fully saturated rings. The number of rotatable bonds is 4. The third kappa shape index (κ3) is 2.09. The molecule has 1 aromatic heterocycles. The molecule has 0 saturated heterocycles. The van der Waals surface area contributed by atoms with Crippen molar-refractivity contribution >= 4 is 12.6 Å². The molecule has 12 heavy (non-hydrogen) atoms. The molecule has 0 aliphatic rings. The predicted octanol–water partition coefficient (Wildman–Crippen LogP) is -0.373. The molecule has 0 aliphatic carbocycles. The summed E-state index contributed by atoms with van der Waals surface area (Å²) in [6.07, 6.45) is 3.39. The van der Waals surface area contributed by atoms with Crippen molar-refractivity contribution < 1.29 is 9.68 Å². The summed E-state index contributed by atoms with van der Waals surface area (Å²) in [7, 11) is -0.838. The Morgan fingerprint density at radius 1 is 1.67 bits per heavy atom. The molecular formula is C7H13BN2O2. The number of nitrogens with zero attached hydrogens (tertiary/aromatic N) is 2. The van der Waals surface area contributed by atoms with Crippen LogP contribution in [0.3, 0.4) is 0 Å². The Bertz CT molecular complexity index is 239. The van der Waals surface area contributed by atoms with Crippen LogP contribution in [0.2, 0.25) is 0 Å². The normalized spacial score (nSPS) is 10.2. The van der Waals surface area contributed by atoms with Crippen molar-refractivity contribution in [2.24, 2.45) is 0 Å². The molecule has 0 radical (unpaired) electrons. The first-order chi connectivity index (χ1) is 5.77. The van der Waals surface area contributed by atoms with Gasteiger partial charge in [0.05, 0.1) is 0 Å². The van der Waals surface area contributed by atoms with Gasteiger partial charge < -0.3 is 9.68 Å². The zero-order valence-corrected chi connectivity index (χ0v) is 7.40. The van der Waals surface area contributed by atoms with Gasteiger partial charge in [-0.15, -0.1) is 0 Å². The van der Waals surface area contributed by atoms with Crippen molar-refractivity contribution in [3.8, 4) is 0 Å². The van der Waals surface area contributed by atoms with Crippen LogP contribution in [0.25, 0.3) is 0 Å². The maximum atomic E-state index is 9.35. The van der Waals surface area contributed by atoms with Gasteiger partial charge in [0.1, 0.15) is 0 Å². The molecule has 0 unspecified atom stereocenters. The first-order valence-electron chi connectivity index (χ1n) is 4.10. The van der Waals surface area contributed by atoms with Crippen LogP contribution < -0.4 is 5.46 Å². The molecule has 1 heterocycles. The number of hydrogen-bond donors (Lipinski definition) is 1. The minimum absolute atomic E-state index is 0.498. The van der Waals surface area contributed by atoms with Gasteiger partial charge in [0, 0.05) is 31.0 Å². The molecule has 1 rings (SSSR count). The van der Waals surface area contributed by atoms with Gasteiger partial charge in [-0.1, -0.05) is 0 Å². The SMILES string of the molecule is CCOB(O)c1cnn(CC)c1. The van der Waals surface area contributed by atoms with Crippen LogP contribution in [0.5, 0.6) is 0 Å². The van der Waals surface area contributed by atoms with E-state index in [0.29, 0.717) is 12.1 Å². The lowest BCUT2D eigenvalue weighted by Crippen LogP contribution is -2.32. The van der Waals surface area contributed by atoms with E-state index in [1.165, 1.54) is 0 Å². The largest absolute Gasteiger partial charge is 0.494 e. The minimum atomic E-state index is -0.838. The first kappa shape index (κ1) is 9.28. The van der Waals surface area contributed by atoms with E-state index in [1.54, 1.807) is 17.1 Å². The van der Waals surface area contributed by atoms with Crippen molar-refractivity contribution in [1.29, 1.82) is 0 Å². The quantitative estimate of drug-likeness (QED) is 0.623. The topological polar surface area (TPSA) is 47.3 Å².